The minimum Gasteiger partial charge on any atom is -0.379 e. The summed E-state index contributed by atoms with van der Waals surface area (Å²) in [6.45, 7) is 6.43. The maximum atomic E-state index is 12.3. The molecule has 0 saturated carbocycles. The average molecular weight is 346 g/mol. The molecular weight excluding hydrogens is 320 g/mol. The molecule has 1 aromatic heterocycles. The lowest BCUT2D eigenvalue weighted by Gasteiger charge is -2.32. The number of rotatable bonds is 6. The quantitative estimate of drug-likeness (QED) is 0.830. The largest absolute Gasteiger partial charge is 0.379 e. The highest BCUT2D eigenvalue weighted by atomic mass is 16.5. The van der Waals surface area contributed by atoms with E-state index in [-0.39, 0.29) is 17.6 Å². The molecule has 2 heterocycles. The number of nitrogens with one attached hydrogen (secondary N) is 1. The summed E-state index contributed by atoms with van der Waals surface area (Å²) in [4.78, 5) is 26.8. The summed E-state index contributed by atoms with van der Waals surface area (Å²) in [5, 5.41) is 2.98. The smallest absolute Gasteiger partial charge is 0.328 e. The second kappa shape index (κ2) is 7.84. The topological polar surface area (TPSA) is 68.5 Å². The summed E-state index contributed by atoms with van der Waals surface area (Å²) in [6.07, 6.45) is 0.295. The number of aryl methyl sites for hydroxylation is 2. The number of carbonyl (C=O) groups excluding carboxylic acids is 1. The molecule has 0 bridgehead atoms. The average Bonchev–Trinajstić information content (AvgIpc) is 2.89. The molecule has 2 aromatic rings. The van der Waals surface area contributed by atoms with Crippen LogP contribution in [0.1, 0.15) is 13.3 Å². The van der Waals surface area contributed by atoms with Gasteiger partial charge < -0.3 is 10.1 Å². The molecule has 136 valence electrons. The third-order valence-corrected chi connectivity index (χ3v) is 4.88. The molecule has 0 radical (unpaired) electrons. The van der Waals surface area contributed by atoms with E-state index in [0.29, 0.717) is 19.5 Å². The molecule has 0 spiro atoms. The van der Waals surface area contributed by atoms with E-state index in [1.807, 2.05) is 24.3 Å². The lowest BCUT2D eigenvalue weighted by Crippen LogP contribution is -2.47. The van der Waals surface area contributed by atoms with E-state index in [4.69, 9.17) is 4.74 Å². The Morgan fingerprint density at radius 3 is 2.64 bits per heavy atom. The summed E-state index contributed by atoms with van der Waals surface area (Å²) >= 11 is 0. The standard InChI is InChI=1S/C18H26N4O3/c1-14(21-9-11-25-12-10-21)13-19-17(23)7-8-22-16-6-4-3-5-15(16)20(2)18(22)24/h3-6,14H,7-13H2,1-2H3,(H,19,23)/t14-/m0/s1. The summed E-state index contributed by atoms with van der Waals surface area (Å²) < 4.78 is 8.63. The minimum atomic E-state index is -0.0873. The van der Waals surface area contributed by atoms with Crippen molar-refractivity contribution in [1.29, 1.82) is 0 Å². The molecule has 1 atom stereocenters. The summed E-state index contributed by atoms with van der Waals surface area (Å²) in [7, 11) is 1.76. The summed E-state index contributed by atoms with van der Waals surface area (Å²) in [5.74, 6) is -0.0278. The van der Waals surface area contributed by atoms with Gasteiger partial charge in [0.25, 0.3) is 0 Å². The molecule has 0 aliphatic carbocycles. The third-order valence-electron chi connectivity index (χ3n) is 4.88. The fraction of sp³-hybridized carbons (Fsp3) is 0.556. The van der Waals surface area contributed by atoms with Gasteiger partial charge >= 0.3 is 5.69 Å². The highest BCUT2D eigenvalue weighted by molar-refractivity contribution is 5.77. The number of fused-ring (bicyclic) bond motifs is 1. The van der Waals surface area contributed by atoms with Crippen LogP contribution in [0.2, 0.25) is 0 Å². The molecule has 7 nitrogen and oxygen atoms in total. The van der Waals surface area contributed by atoms with Gasteiger partial charge in [0.05, 0.1) is 24.2 Å². The van der Waals surface area contributed by atoms with Crippen LogP contribution in [-0.2, 0) is 23.1 Å². The van der Waals surface area contributed by atoms with Gasteiger partial charge in [-0.1, -0.05) is 12.1 Å². The van der Waals surface area contributed by atoms with Gasteiger partial charge in [-0.2, -0.15) is 0 Å². The van der Waals surface area contributed by atoms with Crippen LogP contribution in [0.3, 0.4) is 0 Å². The number of benzene rings is 1. The summed E-state index contributed by atoms with van der Waals surface area (Å²) in [5.41, 5.74) is 1.66. The van der Waals surface area contributed by atoms with Gasteiger partial charge in [-0.3, -0.25) is 18.8 Å². The highest BCUT2D eigenvalue weighted by Crippen LogP contribution is 2.11. The number of morpholine rings is 1. The Kier molecular flexibility index (Phi) is 5.55. The molecule has 1 fully saturated rings. The Labute approximate surface area is 147 Å². The zero-order chi connectivity index (χ0) is 17.8. The van der Waals surface area contributed by atoms with Crippen molar-refractivity contribution in [2.45, 2.75) is 25.9 Å². The van der Waals surface area contributed by atoms with Crippen LogP contribution in [0, 0.1) is 0 Å². The second-order valence-electron chi connectivity index (χ2n) is 6.53. The van der Waals surface area contributed by atoms with Crippen molar-refractivity contribution >= 4 is 16.9 Å². The van der Waals surface area contributed by atoms with E-state index in [1.54, 1.807) is 16.2 Å². The normalized spacial score (nSPS) is 16.9. The first-order chi connectivity index (χ1) is 12.1. The monoisotopic (exact) mass is 346 g/mol. The maximum Gasteiger partial charge on any atom is 0.328 e. The van der Waals surface area contributed by atoms with E-state index in [1.165, 1.54) is 0 Å². The molecular formula is C18H26N4O3. The first kappa shape index (κ1) is 17.7. The van der Waals surface area contributed by atoms with Crippen LogP contribution < -0.4 is 11.0 Å². The predicted octanol–water partition coefficient (Wildman–Crippen LogP) is 0.567. The lowest BCUT2D eigenvalue weighted by molar-refractivity contribution is -0.121. The number of para-hydroxylation sites is 2. The van der Waals surface area contributed by atoms with Crippen molar-refractivity contribution in [2.24, 2.45) is 7.05 Å². The van der Waals surface area contributed by atoms with E-state index >= 15 is 0 Å². The zero-order valence-electron chi connectivity index (χ0n) is 14.9. The fourth-order valence-corrected chi connectivity index (χ4v) is 3.29. The number of carbonyl (C=O) groups is 1. The molecule has 1 aliphatic heterocycles. The van der Waals surface area contributed by atoms with Crippen molar-refractivity contribution in [3.8, 4) is 0 Å². The molecule has 3 rings (SSSR count). The van der Waals surface area contributed by atoms with Crippen LogP contribution in [0.25, 0.3) is 11.0 Å². The number of aromatic nitrogens is 2. The van der Waals surface area contributed by atoms with E-state index in [0.717, 1.165) is 37.3 Å². The van der Waals surface area contributed by atoms with E-state index in [9.17, 15) is 9.59 Å². The van der Waals surface area contributed by atoms with Gasteiger partial charge in [-0.25, -0.2) is 4.79 Å². The molecule has 1 saturated heterocycles. The highest BCUT2D eigenvalue weighted by Gasteiger charge is 2.17. The Hall–Kier alpha value is -2.12. The van der Waals surface area contributed by atoms with E-state index in [2.05, 4.69) is 17.1 Å². The van der Waals surface area contributed by atoms with Crippen LogP contribution >= 0.6 is 0 Å². The van der Waals surface area contributed by atoms with Gasteiger partial charge in [0.15, 0.2) is 0 Å². The number of imidazole rings is 1. The Balaban J connectivity index is 1.54. The molecule has 7 heteroatoms. The number of ether oxygens (including phenoxy) is 1. The van der Waals surface area contributed by atoms with Crippen molar-refractivity contribution in [3.05, 3.63) is 34.7 Å². The Morgan fingerprint density at radius 2 is 1.92 bits per heavy atom. The van der Waals surface area contributed by atoms with Crippen LogP contribution in [0.15, 0.2) is 29.1 Å². The molecule has 1 aromatic carbocycles. The molecule has 25 heavy (non-hydrogen) atoms. The van der Waals surface area contributed by atoms with Crippen molar-refractivity contribution in [1.82, 2.24) is 19.4 Å². The van der Waals surface area contributed by atoms with Gasteiger partial charge in [-0.05, 0) is 19.1 Å². The van der Waals surface area contributed by atoms with Crippen LogP contribution in [0.4, 0.5) is 0 Å². The molecule has 1 N–H and O–H groups in total. The Morgan fingerprint density at radius 1 is 1.24 bits per heavy atom. The number of amides is 1. The minimum absolute atomic E-state index is 0.0278. The first-order valence-electron chi connectivity index (χ1n) is 8.80. The molecule has 1 amide bonds. The van der Waals surface area contributed by atoms with E-state index < -0.39 is 0 Å². The zero-order valence-corrected chi connectivity index (χ0v) is 14.9. The lowest BCUT2D eigenvalue weighted by atomic mass is 10.2. The molecule has 1 aliphatic rings. The first-order valence-corrected chi connectivity index (χ1v) is 8.80. The maximum absolute atomic E-state index is 12.3. The van der Waals surface area contributed by atoms with Crippen LogP contribution in [-0.4, -0.2) is 58.8 Å². The number of hydrogen-bond donors (Lipinski definition) is 1. The Bertz CT molecular complexity index is 789. The second-order valence-corrected chi connectivity index (χ2v) is 6.53. The predicted molar refractivity (Wildman–Crippen MR) is 96.7 cm³/mol. The van der Waals surface area contributed by atoms with Crippen molar-refractivity contribution < 1.29 is 9.53 Å². The molecule has 0 unspecified atom stereocenters. The van der Waals surface area contributed by atoms with Crippen molar-refractivity contribution in [2.75, 3.05) is 32.8 Å². The van der Waals surface area contributed by atoms with Gasteiger partial charge in [-0.15, -0.1) is 0 Å². The fourth-order valence-electron chi connectivity index (χ4n) is 3.29. The number of hydrogen-bond acceptors (Lipinski definition) is 4. The van der Waals surface area contributed by atoms with Gasteiger partial charge in [0.2, 0.25) is 5.91 Å². The SMILES string of the molecule is C[C@@H](CNC(=O)CCn1c(=O)n(C)c2ccccc21)N1CCOCC1. The van der Waals surface area contributed by atoms with Crippen LogP contribution in [0.5, 0.6) is 0 Å². The third kappa shape index (κ3) is 3.93. The summed E-state index contributed by atoms with van der Waals surface area (Å²) in [6, 6.07) is 7.92. The number of nitrogens with zero attached hydrogens (tertiary/aromatic N) is 3. The van der Waals surface area contributed by atoms with Gasteiger partial charge in [0, 0.05) is 45.7 Å². The van der Waals surface area contributed by atoms with Crippen molar-refractivity contribution in [3.63, 3.8) is 0 Å². The van der Waals surface area contributed by atoms with Gasteiger partial charge in [0.1, 0.15) is 0 Å².